The Morgan fingerprint density at radius 1 is 1.28 bits per heavy atom. The maximum Gasteiger partial charge on any atom is 0.171 e. The van der Waals surface area contributed by atoms with E-state index >= 15 is 0 Å². The van der Waals surface area contributed by atoms with Crippen LogP contribution in [0.4, 0.5) is 0 Å². The number of hydrogen-bond donors (Lipinski definition) is 1. The van der Waals surface area contributed by atoms with Gasteiger partial charge in [0.2, 0.25) is 0 Å². The van der Waals surface area contributed by atoms with Crippen LogP contribution >= 0.6 is 0 Å². The summed E-state index contributed by atoms with van der Waals surface area (Å²) in [5, 5.41) is 10.0. The van der Waals surface area contributed by atoms with Crippen molar-refractivity contribution >= 4 is 0 Å². The van der Waals surface area contributed by atoms with Gasteiger partial charge in [-0.15, -0.1) is 0 Å². The van der Waals surface area contributed by atoms with Crippen LogP contribution in [0.3, 0.4) is 0 Å². The Labute approximate surface area is 110 Å². The average molecular weight is 258 g/mol. The van der Waals surface area contributed by atoms with Crippen LogP contribution in [0.25, 0.3) is 0 Å². The normalized spacial score (nSPS) is 32.0. The molecule has 0 amide bonds. The van der Waals surface area contributed by atoms with Crippen molar-refractivity contribution in [3.8, 4) is 0 Å². The van der Waals surface area contributed by atoms with Gasteiger partial charge in [0.25, 0.3) is 0 Å². The second-order valence-electron chi connectivity index (χ2n) is 6.64. The SMILES string of the molecule is CC(C)(C)CCOC1CC2(CCC1O)OCCO2. The maximum absolute atomic E-state index is 10.0. The summed E-state index contributed by atoms with van der Waals surface area (Å²) >= 11 is 0. The van der Waals surface area contributed by atoms with Crippen molar-refractivity contribution < 1.29 is 19.3 Å². The van der Waals surface area contributed by atoms with Gasteiger partial charge >= 0.3 is 0 Å². The molecule has 1 saturated heterocycles. The van der Waals surface area contributed by atoms with Gasteiger partial charge in [0.05, 0.1) is 25.4 Å². The van der Waals surface area contributed by atoms with Crippen LogP contribution in [-0.2, 0) is 14.2 Å². The van der Waals surface area contributed by atoms with Gasteiger partial charge in [0.15, 0.2) is 5.79 Å². The van der Waals surface area contributed by atoms with Crippen LogP contribution in [0.1, 0.15) is 46.5 Å². The monoisotopic (exact) mass is 258 g/mol. The maximum atomic E-state index is 10.0. The molecule has 106 valence electrons. The summed E-state index contributed by atoms with van der Waals surface area (Å²) in [6, 6.07) is 0. The molecule has 0 bridgehead atoms. The Bertz CT molecular complexity index is 265. The minimum atomic E-state index is -0.481. The third kappa shape index (κ3) is 3.67. The average Bonchev–Trinajstić information content (AvgIpc) is 2.71. The van der Waals surface area contributed by atoms with Crippen molar-refractivity contribution in [2.24, 2.45) is 5.41 Å². The van der Waals surface area contributed by atoms with Crippen molar-refractivity contribution in [3.63, 3.8) is 0 Å². The molecule has 1 spiro atoms. The standard InChI is InChI=1S/C14H26O4/c1-13(2,3)6-7-16-12-10-14(5-4-11(12)15)17-8-9-18-14/h11-12,15H,4-10H2,1-3H3. The lowest BCUT2D eigenvalue weighted by Gasteiger charge is -2.39. The highest BCUT2D eigenvalue weighted by Gasteiger charge is 2.45. The smallest absolute Gasteiger partial charge is 0.171 e. The van der Waals surface area contributed by atoms with E-state index in [0.717, 1.165) is 12.8 Å². The molecule has 2 atom stereocenters. The van der Waals surface area contributed by atoms with Gasteiger partial charge < -0.3 is 19.3 Å². The molecule has 1 saturated carbocycles. The molecule has 18 heavy (non-hydrogen) atoms. The molecule has 4 heteroatoms. The molecule has 1 heterocycles. The first-order chi connectivity index (χ1) is 8.40. The molecule has 0 aromatic rings. The molecule has 2 aliphatic rings. The summed E-state index contributed by atoms with van der Waals surface area (Å²) < 4.78 is 17.2. The van der Waals surface area contributed by atoms with E-state index in [1.807, 2.05) is 0 Å². The molecule has 2 fully saturated rings. The van der Waals surface area contributed by atoms with Crippen LogP contribution < -0.4 is 0 Å². The highest BCUT2D eigenvalue weighted by molar-refractivity contribution is 4.88. The lowest BCUT2D eigenvalue weighted by Crippen LogP contribution is -2.46. The van der Waals surface area contributed by atoms with Gasteiger partial charge in [-0.05, 0) is 18.3 Å². The Morgan fingerprint density at radius 3 is 2.56 bits per heavy atom. The van der Waals surface area contributed by atoms with Gasteiger partial charge in [-0.1, -0.05) is 20.8 Å². The van der Waals surface area contributed by atoms with E-state index in [4.69, 9.17) is 14.2 Å². The van der Waals surface area contributed by atoms with Crippen LogP contribution in [0.2, 0.25) is 0 Å². The summed E-state index contributed by atoms with van der Waals surface area (Å²) in [4.78, 5) is 0. The first-order valence-corrected chi connectivity index (χ1v) is 6.98. The van der Waals surface area contributed by atoms with Crippen LogP contribution in [0.15, 0.2) is 0 Å². The highest BCUT2D eigenvalue weighted by Crippen LogP contribution is 2.37. The van der Waals surface area contributed by atoms with Gasteiger partial charge in [0, 0.05) is 19.4 Å². The van der Waals surface area contributed by atoms with Crippen molar-refractivity contribution in [1.29, 1.82) is 0 Å². The molecule has 1 N–H and O–H groups in total. The molecular weight excluding hydrogens is 232 g/mol. The first-order valence-electron chi connectivity index (χ1n) is 6.98. The summed E-state index contributed by atoms with van der Waals surface area (Å²) in [6.07, 6.45) is 2.57. The van der Waals surface area contributed by atoms with Crippen molar-refractivity contribution in [2.75, 3.05) is 19.8 Å². The summed E-state index contributed by atoms with van der Waals surface area (Å²) in [5.74, 6) is -0.481. The van der Waals surface area contributed by atoms with Crippen LogP contribution in [0, 0.1) is 5.41 Å². The van der Waals surface area contributed by atoms with E-state index in [9.17, 15) is 5.11 Å². The van der Waals surface area contributed by atoms with Gasteiger partial charge in [-0.3, -0.25) is 0 Å². The van der Waals surface area contributed by atoms with Crippen molar-refractivity contribution in [1.82, 2.24) is 0 Å². The van der Waals surface area contributed by atoms with Crippen molar-refractivity contribution in [3.05, 3.63) is 0 Å². The predicted molar refractivity (Wildman–Crippen MR) is 68.3 cm³/mol. The largest absolute Gasteiger partial charge is 0.390 e. The molecule has 0 aromatic heterocycles. The fraction of sp³-hybridized carbons (Fsp3) is 1.00. The van der Waals surface area contributed by atoms with Crippen molar-refractivity contribution in [2.45, 2.75) is 64.4 Å². The lowest BCUT2D eigenvalue weighted by atomic mass is 9.89. The minimum Gasteiger partial charge on any atom is -0.390 e. The zero-order chi connectivity index (χ0) is 13.2. The second kappa shape index (κ2) is 5.45. The van der Waals surface area contributed by atoms with Gasteiger partial charge in [-0.25, -0.2) is 0 Å². The third-order valence-electron chi connectivity index (χ3n) is 3.76. The third-order valence-corrected chi connectivity index (χ3v) is 3.76. The Balaban J connectivity index is 1.82. The number of hydrogen-bond acceptors (Lipinski definition) is 4. The number of rotatable bonds is 3. The molecule has 0 radical (unpaired) electrons. The van der Waals surface area contributed by atoms with E-state index in [2.05, 4.69) is 20.8 Å². The molecule has 1 aliphatic carbocycles. The molecule has 0 aromatic carbocycles. The van der Waals surface area contributed by atoms with Gasteiger partial charge in [0.1, 0.15) is 0 Å². The first kappa shape index (κ1) is 14.3. The van der Waals surface area contributed by atoms with Crippen LogP contribution in [-0.4, -0.2) is 42.9 Å². The number of aliphatic hydroxyl groups excluding tert-OH is 1. The quantitative estimate of drug-likeness (QED) is 0.842. The fourth-order valence-corrected chi connectivity index (χ4v) is 2.54. The van der Waals surface area contributed by atoms with E-state index in [1.165, 1.54) is 0 Å². The molecule has 2 rings (SSSR count). The van der Waals surface area contributed by atoms with Crippen LogP contribution in [0.5, 0.6) is 0 Å². The summed E-state index contributed by atoms with van der Waals surface area (Å²) in [7, 11) is 0. The minimum absolute atomic E-state index is 0.154. The second-order valence-corrected chi connectivity index (χ2v) is 6.64. The predicted octanol–water partition coefficient (Wildman–Crippen LogP) is 2.10. The number of ether oxygens (including phenoxy) is 3. The Kier molecular flexibility index (Phi) is 4.32. The molecule has 1 aliphatic heterocycles. The molecule has 4 nitrogen and oxygen atoms in total. The zero-order valence-corrected chi connectivity index (χ0v) is 11.8. The number of aliphatic hydroxyl groups is 1. The molecular formula is C14H26O4. The topological polar surface area (TPSA) is 47.9 Å². The lowest BCUT2D eigenvalue weighted by molar-refractivity contribution is -0.222. The van der Waals surface area contributed by atoms with E-state index < -0.39 is 5.79 Å². The van der Waals surface area contributed by atoms with E-state index in [-0.39, 0.29) is 17.6 Å². The van der Waals surface area contributed by atoms with E-state index in [1.54, 1.807) is 0 Å². The highest BCUT2D eigenvalue weighted by atomic mass is 16.7. The fourth-order valence-electron chi connectivity index (χ4n) is 2.54. The summed E-state index contributed by atoms with van der Waals surface area (Å²) in [5.41, 5.74) is 0.262. The Morgan fingerprint density at radius 2 is 1.94 bits per heavy atom. The Hall–Kier alpha value is -0.160. The zero-order valence-electron chi connectivity index (χ0n) is 11.8. The summed E-state index contributed by atoms with van der Waals surface area (Å²) in [6.45, 7) is 8.58. The van der Waals surface area contributed by atoms with Gasteiger partial charge in [-0.2, -0.15) is 0 Å². The van der Waals surface area contributed by atoms with E-state index in [0.29, 0.717) is 32.7 Å². The molecule has 2 unspecified atom stereocenters.